The van der Waals surface area contributed by atoms with Crippen LogP contribution >= 0.6 is 11.6 Å². The lowest BCUT2D eigenvalue weighted by Gasteiger charge is -2.40. The van der Waals surface area contributed by atoms with Crippen molar-refractivity contribution >= 4 is 40.5 Å². The molecule has 0 saturated heterocycles. The van der Waals surface area contributed by atoms with Crippen LogP contribution in [0.4, 0.5) is 11.4 Å². The first kappa shape index (κ1) is 19.7. The molecule has 0 aliphatic carbocycles. The molecule has 2 aromatic rings. The fraction of sp³-hybridized carbons (Fsp3) is 0.217. The lowest BCUT2D eigenvalue weighted by Crippen LogP contribution is -2.42. The summed E-state index contributed by atoms with van der Waals surface area (Å²) in [4.78, 5) is 14.7. The largest absolute Gasteiger partial charge is 0.366 e. The Morgan fingerprint density at radius 1 is 1.25 bits per heavy atom. The summed E-state index contributed by atoms with van der Waals surface area (Å²) in [5, 5.41) is 12.7. The summed E-state index contributed by atoms with van der Waals surface area (Å²) in [5.41, 5.74) is 4.72. The highest BCUT2D eigenvalue weighted by Gasteiger charge is 2.28. The molecule has 0 unspecified atom stereocenters. The number of amides is 1. The summed E-state index contributed by atoms with van der Waals surface area (Å²) in [7, 11) is 2.07. The highest BCUT2D eigenvalue weighted by Crippen LogP contribution is 2.38. The highest BCUT2D eigenvalue weighted by molar-refractivity contribution is 6.31. The highest BCUT2D eigenvalue weighted by atomic mass is 35.5. The predicted molar refractivity (Wildman–Crippen MR) is 116 cm³/mol. The number of carbonyl (C=O) groups excluding carboxylic acids is 1. The van der Waals surface area contributed by atoms with E-state index in [4.69, 9.17) is 11.6 Å². The minimum atomic E-state index is -0.465. The quantitative estimate of drug-likeness (QED) is 0.553. The number of carbonyl (C=O) groups is 1. The third-order valence-corrected chi connectivity index (χ3v) is 5.23. The molecule has 5 heteroatoms. The standard InChI is InChI=1S/C23H22ClN3O/c1-15-13-23(2,3)27(4)21-9-8-16(11-20(15)21)10-17(14-25)22(28)26-19-7-5-6-18(24)12-19/h5-13H,1-4H3,(H,26,28)/b17-10+. The SMILES string of the molecule is CC1=CC(C)(C)N(C)c2ccc(/C=C(\C#N)C(=O)Nc3cccc(Cl)c3)cc21. The lowest BCUT2D eigenvalue weighted by atomic mass is 9.88. The molecule has 0 fully saturated rings. The van der Waals surface area contributed by atoms with Crippen LogP contribution in [0.5, 0.6) is 0 Å². The zero-order chi connectivity index (χ0) is 20.5. The van der Waals surface area contributed by atoms with E-state index in [0.717, 1.165) is 16.8 Å². The summed E-state index contributed by atoms with van der Waals surface area (Å²) in [6.45, 7) is 6.42. The Balaban J connectivity index is 1.91. The summed E-state index contributed by atoms with van der Waals surface area (Å²) in [5.74, 6) is -0.465. The molecule has 1 aliphatic heterocycles. The van der Waals surface area contributed by atoms with Crippen molar-refractivity contribution < 1.29 is 4.79 Å². The van der Waals surface area contributed by atoms with E-state index >= 15 is 0 Å². The van der Waals surface area contributed by atoms with Crippen molar-refractivity contribution in [1.29, 1.82) is 5.26 Å². The van der Waals surface area contributed by atoms with E-state index in [1.54, 1.807) is 30.3 Å². The van der Waals surface area contributed by atoms with Crippen LogP contribution in [0.3, 0.4) is 0 Å². The molecular formula is C23H22ClN3O. The Labute approximate surface area is 170 Å². The fourth-order valence-corrected chi connectivity index (χ4v) is 3.54. The number of hydrogen-bond acceptors (Lipinski definition) is 3. The molecule has 0 radical (unpaired) electrons. The number of hydrogen-bond donors (Lipinski definition) is 1. The molecule has 1 N–H and O–H groups in total. The van der Waals surface area contributed by atoms with Gasteiger partial charge in [0.2, 0.25) is 0 Å². The van der Waals surface area contributed by atoms with Crippen LogP contribution in [0, 0.1) is 11.3 Å². The van der Waals surface area contributed by atoms with E-state index in [0.29, 0.717) is 10.7 Å². The van der Waals surface area contributed by atoms with Crippen molar-refractivity contribution in [3.05, 3.63) is 70.3 Å². The summed E-state index contributed by atoms with van der Waals surface area (Å²) >= 11 is 5.94. The molecule has 1 aliphatic rings. The third-order valence-electron chi connectivity index (χ3n) is 5.00. The minimum Gasteiger partial charge on any atom is -0.366 e. The van der Waals surface area contributed by atoms with Crippen molar-refractivity contribution in [3.63, 3.8) is 0 Å². The zero-order valence-electron chi connectivity index (χ0n) is 16.4. The number of anilines is 2. The van der Waals surface area contributed by atoms with Crippen molar-refractivity contribution in [1.82, 2.24) is 0 Å². The summed E-state index contributed by atoms with van der Waals surface area (Å²) in [6.07, 6.45) is 3.83. The number of nitrogens with one attached hydrogen (secondary N) is 1. The van der Waals surface area contributed by atoms with Gasteiger partial charge in [0.15, 0.2) is 0 Å². The van der Waals surface area contributed by atoms with Crippen molar-refractivity contribution in [2.75, 3.05) is 17.3 Å². The van der Waals surface area contributed by atoms with E-state index in [-0.39, 0.29) is 11.1 Å². The van der Waals surface area contributed by atoms with E-state index < -0.39 is 5.91 Å². The number of fused-ring (bicyclic) bond motifs is 1. The maximum atomic E-state index is 12.5. The van der Waals surface area contributed by atoms with Gasteiger partial charge in [0.25, 0.3) is 5.91 Å². The van der Waals surface area contributed by atoms with Gasteiger partial charge in [-0.15, -0.1) is 0 Å². The van der Waals surface area contributed by atoms with E-state index in [1.807, 2.05) is 24.3 Å². The number of nitriles is 1. The van der Waals surface area contributed by atoms with E-state index in [2.05, 4.69) is 44.1 Å². The van der Waals surface area contributed by atoms with Crippen molar-refractivity contribution in [2.45, 2.75) is 26.3 Å². The first-order valence-electron chi connectivity index (χ1n) is 8.98. The van der Waals surface area contributed by atoms with Crippen LogP contribution in [0.15, 0.2) is 54.1 Å². The van der Waals surface area contributed by atoms with Gasteiger partial charge in [-0.25, -0.2) is 0 Å². The zero-order valence-corrected chi connectivity index (χ0v) is 17.1. The molecular weight excluding hydrogens is 370 g/mol. The molecule has 0 spiro atoms. The predicted octanol–water partition coefficient (Wildman–Crippen LogP) is 5.52. The van der Waals surface area contributed by atoms with Gasteiger partial charge in [0.05, 0.1) is 5.54 Å². The fourth-order valence-electron chi connectivity index (χ4n) is 3.35. The Morgan fingerprint density at radius 2 is 2.00 bits per heavy atom. The first-order chi connectivity index (χ1) is 13.2. The maximum Gasteiger partial charge on any atom is 0.266 e. The second kappa shape index (κ2) is 7.53. The molecule has 28 heavy (non-hydrogen) atoms. The van der Waals surface area contributed by atoms with Crippen LogP contribution in [-0.4, -0.2) is 18.5 Å². The van der Waals surface area contributed by atoms with Crippen LogP contribution in [0.25, 0.3) is 11.6 Å². The van der Waals surface area contributed by atoms with Gasteiger partial charge in [-0.1, -0.05) is 29.8 Å². The molecule has 3 rings (SSSR count). The molecule has 0 saturated carbocycles. The van der Waals surface area contributed by atoms with Gasteiger partial charge >= 0.3 is 0 Å². The first-order valence-corrected chi connectivity index (χ1v) is 9.35. The average Bonchev–Trinajstić information content (AvgIpc) is 2.64. The van der Waals surface area contributed by atoms with Gasteiger partial charge < -0.3 is 10.2 Å². The number of rotatable bonds is 3. The molecule has 2 aromatic carbocycles. The Bertz CT molecular complexity index is 1040. The Kier molecular flexibility index (Phi) is 5.31. The molecule has 0 bridgehead atoms. The molecule has 0 aromatic heterocycles. The van der Waals surface area contributed by atoms with Crippen LogP contribution < -0.4 is 10.2 Å². The topological polar surface area (TPSA) is 56.1 Å². The van der Waals surface area contributed by atoms with E-state index in [9.17, 15) is 10.1 Å². The second-order valence-corrected chi connectivity index (χ2v) is 7.89. The lowest BCUT2D eigenvalue weighted by molar-refractivity contribution is -0.112. The van der Waals surface area contributed by atoms with Gasteiger partial charge in [0, 0.05) is 29.0 Å². The Hall–Kier alpha value is -3.03. The van der Waals surface area contributed by atoms with Gasteiger partial charge in [0.1, 0.15) is 11.6 Å². The van der Waals surface area contributed by atoms with Crippen LogP contribution in [-0.2, 0) is 4.79 Å². The second-order valence-electron chi connectivity index (χ2n) is 7.45. The van der Waals surface area contributed by atoms with Gasteiger partial charge in [-0.3, -0.25) is 4.79 Å². The molecule has 4 nitrogen and oxygen atoms in total. The number of benzene rings is 2. The molecule has 1 amide bonds. The number of allylic oxidation sites excluding steroid dienone is 1. The van der Waals surface area contributed by atoms with Gasteiger partial charge in [-0.2, -0.15) is 5.26 Å². The average molecular weight is 392 g/mol. The molecule has 0 atom stereocenters. The molecule has 142 valence electrons. The third kappa shape index (κ3) is 3.95. The number of nitrogens with zero attached hydrogens (tertiary/aromatic N) is 2. The molecule has 1 heterocycles. The maximum absolute atomic E-state index is 12.5. The van der Waals surface area contributed by atoms with Crippen molar-refractivity contribution in [2.24, 2.45) is 0 Å². The monoisotopic (exact) mass is 391 g/mol. The summed E-state index contributed by atoms with van der Waals surface area (Å²) < 4.78 is 0. The van der Waals surface area contributed by atoms with E-state index in [1.165, 1.54) is 5.57 Å². The Morgan fingerprint density at radius 3 is 2.68 bits per heavy atom. The summed E-state index contributed by atoms with van der Waals surface area (Å²) in [6, 6.07) is 14.8. The normalized spacial score (nSPS) is 15.4. The van der Waals surface area contributed by atoms with Gasteiger partial charge in [-0.05, 0) is 68.3 Å². The number of likely N-dealkylation sites (N-methyl/N-ethyl adjacent to an activating group) is 1. The van der Waals surface area contributed by atoms with Crippen LogP contribution in [0.1, 0.15) is 31.9 Å². The minimum absolute atomic E-state index is 0.0334. The smallest absolute Gasteiger partial charge is 0.266 e. The number of halogens is 1. The van der Waals surface area contributed by atoms with Crippen LogP contribution in [0.2, 0.25) is 5.02 Å². The van der Waals surface area contributed by atoms with Crippen molar-refractivity contribution in [3.8, 4) is 6.07 Å².